The van der Waals surface area contributed by atoms with Crippen LogP contribution in [0.4, 0.5) is 5.69 Å². The molecule has 0 aliphatic carbocycles. The van der Waals surface area contributed by atoms with Gasteiger partial charge >= 0.3 is 5.69 Å². The minimum absolute atomic E-state index is 0.204. The number of carbonyl (C=O) groups excluding carboxylic acids is 1. The zero-order chi connectivity index (χ0) is 19.5. The number of amides is 1. The molecule has 3 heterocycles. The van der Waals surface area contributed by atoms with Crippen molar-refractivity contribution in [1.82, 2.24) is 24.0 Å². The fourth-order valence-corrected chi connectivity index (χ4v) is 2.87. The van der Waals surface area contributed by atoms with Gasteiger partial charge in [-0.25, -0.2) is 9.48 Å². The molecule has 4 rings (SSSR count). The van der Waals surface area contributed by atoms with Crippen LogP contribution in [0.2, 0.25) is 0 Å². The smallest absolute Gasteiger partial charge is 0.323 e. The van der Waals surface area contributed by atoms with E-state index in [2.05, 4.69) is 15.5 Å². The average molecular weight is 374 g/mol. The second kappa shape index (κ2) is 7.36. The second-order valence-electron chi connectivity index (χ2n) is 6.34. The van der Waals surface area contributed by atoms with Gasteiger partial charge in [-0.15, -0.1) is 5.10 Å². The third-order valence-electron chi connectivity index (χ3n) is 4.17. The number of hydrogen-bond acceptors (Lipinski definition) is 4. The van der Waals surface area contributed by atoms with E-state index in [9.17, 15) is 9.59 Å². The van der Waals surface area contributed by atoms with E-state index >= 15 is 0 Å². The largest absolute Gasteiger partial charge is 0.350 e. The molecular formula is C20H18N6O2. The fourth-order valence-electron chi connectivity index (χ4n) is 2.87. The van der Waals surface area contributed by atoms with Crippen molar-refractivity contribution < 1.29 is 4.79 Å². The Morgan fingerprint density at radius 2 is 2.11 bits per heavy atom. The Balaban J connectivity index is 1.48. The Hall–Kier alpha value is -3.94. The van der Waals surface area contributed by atoms with E-state index in [4.69, 9.17) is 0 Å². The maximum atomic E-state index is 12.4. The van der Waals surface area contributed by atoms with Gasteiger partial charge in [0.2, 0.25) is 5.91 Å². The number of nitrogens with one attached hydrogen (secondary N) is 1. The zero-order valence-electron chi connectivity index (χ0n) is 15.2. The quantitative estimate of drug-likeness (QED) is 0.541. The van der Waals surface area contributed by atoms with Crippen LogP contribution >= 0.6 is 0 Å². The summed E-state index contributed by atoms with van der Waals surface area (Å²) in [6.07, 6.45) is 8.33. The Bertz CT molecular complexity index is 1230. The van der Waals surface area contributed by atoms with E-state index in [-0.39, 0.29) is 11.6 Å². The van der Waals surface area contributed by atoms with Crippen LogP contribution in [0.5, 0.6) is 0 Å². The predicted octanol–water partition coefficient (Wildman–Crippen LogP) is 1.93. The Kier molecular flexibility index (Phi) is 4.59. The first kappa shape index (κ1) is 17.5. The van der Waals surface area contributed by atoms with Crippen molar-refractivity contribution in [3.05, 3.63) is 88.7 Å². The summed E-state index contributed by atoms with van der Waals surface area (Å²) in [5.74, 6) is -0.245. The molecular weight excluding hydrogens is 356 g/mol. The molecule has 4 aromatic rings. The van der Waals surface area contributed by atoms with Gasteiger partial charge in [-0.2, -0.15) is 5.10 Å². The Morgan fingerprint density at radius 1 is 1.21 bits per heavy atom. The van der Waals surface area contributed by atoms with Crippen molar-refractivity contribution in [3.63, 3.8) is 0 Å². The van der Waals surface area contributed by atoms with E-state index in [1.54, 1.807) is 41.4 Å². The summed E-state index contributed by atoms with van der Waals surface area (Å²) in [5, 5.41) is 11.2. The minimum Gasteiger partial charge on any atom is -0.323 e. The number of nitrogens with zero attached hydrogens (tertiary/aromatic N) is 5. The summed E-state index contributed by atoms with van der Waals surface area (Å²) in [6.45, 7) is 0.315. The summed E-state index contributed by atoms with van der Waals surface area (Å²) in [7, 11) is 1.82. The van der Waals surface area contributed by atoms with E-state index in [1.165, 1.54) is 15.2 Å². The minimum atomic E-state index is -0.245. The molecule has 3 aromatic heterocycles. The Labute approximate surface area is 160 Å². The highest BCUT2D eigenvalue weighted by Crippen LogP contribution is 2.12. The van der Waals surface area contributed by atoms with Crippen molar-refractivity contribution in [2.24, 2.45) is 7.05 Å². The zero-order valence-corrected chi connectivity index (χ0v) is 15.2. The van der Waals surface area contributed by atoms with E-state index in [0.29, 0.717) is 17.9 Å². The lowest BCUT2D eigenvalue weighted by Crippen LogP contribution is -2.21. The van der Waals surface area contributed by atoms with Crippen LogP contribution in [-0.4, -0.2) is 29.9 Å². The summed E-state index contributed by atoms with van der Waals surface area (Å²) in [4.78, 5) is 24.5. The molecule has 1 N–H and O–H groups in total. The van der Waals surface area contributed by atoms with Gasteiger partial charge in [-0.3, -0.25) is 13.9 Å². The van der Waals surface area contributed by atoms with Crippen LogP contribution in [-0.2, 0) is 18.4 Å². The van der Waals surface area contributed by atoms with Crippen molar-refractivity contribution in [2.75, 3.05) is 5.32 Å². The van der Waals surface area contributed by atoms with E-state index in [1.807, 2.05) is 37.5 Å². The van der Waals surface area contributed by atoms with Crippen LogP contribution in [0.25, 0.3) is 11.7 Å². The second-order valence-corrected chi connectivity index (χ2v) is 6.34. The molecule has 8 nitrogen and oxygen atoms in total. The van der Waals surface area contributed by atoms with Gasteiger partial charge in [-0.1, -0.05) is 18.2 Å². The third kappa shape index (κ3) is 3.75. The first-order valence-electron chi connectivity index (χ1n) is 8.69. The molecule has 8 heteroatoms. The highest BCUT2D eigenvalue weighted by atomic mass is 16.2. The van der Waals surface area contributed by atoms with Gasteiger partial charge in [-0.05, 0) is 35.9 Å². The number of aryl methyl sites for hydroxylation is 1. The molecule has 0 saturated heterocycles. The molecule has 0 fully saturated rings. The normalized spacial score (nSPS) is 11.3. The lowest BCUT2D eigenvalue weighted by Gasteiger charge is -2.05. The monoisotopic (exact) mass is 374 g/mol. The Morgan fingerprint density at radius 3 is 2.89 bits per heavy atom. The van der Waals surface area contributed by atoms with Crippen LogP contribution in [0.3, 0.4) is 0 Å². The van der Waals surface area contributed by atoms with Crippen molar-refractivity contribution in [2.45, 2.75) is 6.54 Å². The van der Waals surface area contributed by atoms with Gasteiger partial charge in [0.1, 0.15) is 0 Å². The number of hydrogen-bond donors (Lipinski definition) is 1. The SMILES string of the molecule is Cn1cc(/C=C/C(=O)Nc2cccc(Cn3nc4ccccn4c3=O)c2)cn1. The van der Waals surface area contributed by atoms with E-state index < -0.39 is 0 Å². The summed E-state index contributed by atoms with van der Waals surface area (Å²) >= 11 is 0. The summed E-state index contributed by atoms with van der Waals surface area (Å²) in [5.41, 5.74) is 2.74. The molecule has 1 aromatic carbocycles. The van der Waals surface area contributed by atoms with Gasteiger partial charge < -0.3 is 5.32 Å². The van der Waals surface area contributed by atoms with Gasteiger partial charge in [0.25, 0.3) is 0 Å². The van der Waals surface area contributed by atoms with Gasteiger partial charge in [0.15, 0.2) is 5.65 Å². The summed E-state index contributed by atoms with van der Waals surface area (Å²) in [6, 6.07) is 12.7. The molecule has 0 spiro atoms. The average Bonchev–Trinajstić information content (AvgIpc) is 3.24. The molecule has 0 unspecified atom stereocenters. The topological polar surface area (TPSA) is 86.2 Å². The fraction of sp³-hybridized carbons (Fsp3) is 0.100. The number of pyridine rings is 1. The van der Waals surface area contributed by atoms with Crippen LogP contribution < -0.4 is 11.0 Å². The lowest BCUT2D eigenvalue weighted by atomic mass is 10.2. The van der Waals surface area contributed by atoms with Crippen LogP contribution in [0, 0.1) is 0 Å². The predicted molar refractivity (Wildman–Crippen MR) is 106 cm³/mol. The molecule has 0 atom stereocenters. The molecule has 28 heavy (non-hydrogen) atoms. The highest BCUT2D eigenvalue weighted by Gasteiger charge is 2.07. The first-order chi connectivity index (χ1) is 13.6. The number of aromatic nitrogens is 5. The molecule has 0 saturated carbocycles. The molecule has 0 bridgehead atoms. The third-order valence-corrected chi connectivity index (χ3v) is 4.17. The van der Waals surface area contributed by atoms with E-state index in [0.717, 1.165) is 11.1 Å². The standard InChI is InChI=1S/C20H18N6O2/c1-24-13-16(12-21-24)8-9-19(27)22-17-6-4-5-15(11-17)14-26-20(28)25-10-3-2-7-18(25)23-26/h2-13H,14H2,1H3,(H,22,27)/b9-8+. The van der Waals surface area contributed by atoms with Crippen molar-refractivity contribution in [1.29, 1.82) is 0 Å². The number of carbonyl (C=O) groups is 1. The molecule has 0 aliphatic heterocycles. The van der Waals surface area contributed by atoms with Crippen LogP contribution in [0.1, 0.15) is 11.1 Å². The van der Waals surface area contributed by atoms with Gasteiger partial charge in [0.05, 0.1) is 12.7 Å². The lowest BCUT2D eigenvalue weighted by molar-refractivity contribution is -0.111. The molecule has 0 radical (unpaired) electrons. The molecule has 0 aliphatic rings. The molecule has 140 valence electrons. The number of rotatable bonds is 5. The maximum absolute atomic E-state index is 12.4. The van der Waals surface area contributed by atoms with Crippen molar-refractivity contribution in [3.8, 4) is 0 Å². The maximum Gasteiger partial charge on any atom is 0.350 e. The molecule has 1 amide bonds. The highest BCUT2D eigenvalue weighted by molar-refractivity contribution is 6.01. The number of benzene rings is 1. The number of anilines is 1. The number of fused-ring (bicyclic) bond motifs is 1. The summed E-state index contributed by atoms with van der Waals surface area (Å²) < 4.78 is 4.57. The van der Waals surface area contributed by atoms with Gasteiger partial charge in [0, 0.05) is 36.8 Å². The van der Waals surface area contributed by atoms with Crippen molar-refractivity contribution >= 4 is 23.3 Å². The van der Waals surface area contributed by atoms with Crippen LogP contribution in [0.15, 0.2) is 71.9 Å². The first-order valence-corrected chi connectivity index (χ1v) is 8.69.